The van der Waals surface area contributed by atoms with Gasteiger partial charge in [0, 0.05) is 11.0 Å². The van der Waals surface area contributed by atoms with E-state index in [4.69, 9.17) is 0 Å². The van der Waals surface area contributed by atoms with Crippen LogP contribution in [0.2, 0.25) is 0 Å². The number of nitrogens with zero attached hydrogens (tertiary/aromatic N) is 2. The molecular weight excluding hydrogens is 320 g/mol. The Kier molecular flexibility index (Phi) is 3.02. The number of fused-ring (bicyclic) bond motifs is 5. The Bertz CT molecular complexity index is 1040. The van der Waals surface area contributed by atoms with Crippen LogP contribution in [0, 0.1) is 5.41 Å². The predicted molar refractivity (Wildman–Crippen MR) is 104 cm³/mol. The number of hydrogen-bond donors (Lipinski definition) is 0. The molecular formula is C23H24N2O. The topological polar surface area (TPSA) is 26.9 Å². The number of aromatic nitrogens is 2. The number of para-hydroxylation sites is 2. The zero-order valence-corrected chi connectivity index (χ0v) is 15.6. The minimum atomic E-state index is 0.0159. The van der Waals surface area contributed by atoms with Gasteiger partial charge in [0.25, 0.3) is 5.56 Å². The van der Waals surface area contributed by atoms with Crippen molar-refractivity contribution in [3.05, 3.63) is 82.3 Å². The standard InChI is InChI=1S/C23H24N2O/c1-22(2)18-14-15-23(22,3)20-19(18)21(26)25(17-12-8-5-9-13-17)24(20)16-10-6-4-7-11-16/h4-13,18H,14-15H2,1-3H3/t18-,23+/m1/s1. The minimum Gasteiger partial charge on any atom is -0.267 e. The lowest BCUT2D eigenvalue weighted by atomic mass is 9.70. The maximum Gasteiger partial charge on any atom is 0.275 e. The quantitative estimate of drug-likeness (QED) is 0.656. The van der Waals surface area contributed by atoms with E-state index in [-0.39, 0.29) is 16.4 Å². The zero-order chi connectivity index (χ0) is 18.1. The Morgan fingerprint density at radius 2 is 1.38 bits per heavy atom. The third-order valence-electron chi connectivity index (χ3n) is 7.19. The van der Waals surface area contributed by atoms with Crippen LogP contribution < -0.4 is 5.56 Å². The molecule has 3 nitrogen and oxygen atoms in total. The zero-order valence-electron chi connectivity index (χ0n) is 15.6. The van der Waals surface area contributed by atoms with Crippen LogP contribution >= 0.6 is 0 Å². The number of rotatable bonds is 2. The Hall–Kier alpha value is -2.55. The average molecular weight is 344 g/mol. The van der Waals surface area contributed by atoms with E-state index >= 15 is 0 Å². The van der Waals surface area contributed by atoms with Gasteiger partial charge >= 0.3 is 0 Å². The van der Waals surface area contributed by atoms with Crippen molar-refractivity contribution in [2.75, 3.05) is 0 Å². The van der Waals surface area contributed by atoms with Crippen LogP contribution in [-0.2, 0) is 5.41 Å². The molecule has 1 aromatic heterocycles. The van der Waals surface area contributed by atoms with Crippen molar-refractivity contribution < 1.29 is 0 Å². The molecule has 0 aliphatic heterocycles. The highest BCUT2D eigenvalue weighted by Gasteiger charge is 2.63. The summed E-state index contributed by atoms with van der Waals surface area (Å²) in [5.74, 6) is 0.343. The Balaban J connectivity index is 1.92. The van der Waals surface area contributed by atoms with E-state index in [1.165, 1.54) is 5.69 Å². The summed E-state index contributed by atoms with van der Waals surface area (Å²) in [5.41, 5.74) is 4.52. The van der Waals surface area contributed by atoms with Gasteiger partial charge in [-0.3, -0.25) is 4.79 Å². The molecule has 132 valence electrons. The van der Waals surface area contributed by atoms with Gasteiger partial charge in [-0.2, -0.15) is 0 Å². The van der Waals surface area contributed by atoms with Crippen LogP contribution in [0.1, 0.15) is 50.8 Å². The maximum absolute atomic E-state index is 13.6. The second-order valence-corrected chi connectivity index (χ2v) is 8.51. The summed E-state index contributed by atoms with van der Waals surface area (Å²) >= 11 is 0. The highest BCUT2D eigenvalue weighted by molar-refractivity contribution is 5.51. The van der Waals surface area contributed by atoms with E-state index in [0.29, 0.717) is 5.92 Å². The molecule has 0 amide bonds. The van der Waals surface area contributed by atoms with Gasteiger partial charge in [0.05, 0.1) is 17.1 Å². The number of benzene rings is 2. The van der Waals surface area contributed by atoms with Crippen molar-refractivity contribution in [1.82, 2.24) is 9.36 Å². The van der Waals surface area contributed by atoms with E-state index in [2.05, 4.69) is 37.6 Å². The first kappa shape index (κ1) is 15.7. The van der Waals surface area contributed by atoms with Gasteiger partial charge in [-0.25, -0.2) is 9.36 Å². The number of hydrogen-bond acceptors (Lipinski definition) is 1. The third-order valence-corrected chi connectivity index (χ3v) is 7.19. The molecule has 1 saturated carbocycles. The highest BCUT2D eigenvalue weighted by Crippen LogP contribution is 2.67. The first-order valence-corrected chi connectivity index (χ1v) is 9.46. The van der Waals surface area contributed by atoms with E-state index in [1.54, 1.807) is 0 Å². The highest BCUT2D eigenvalue weighted by atomic mass is 16.1. The van der Waals surface area contributed by atoms with Crippen molar-refractivity contribution in [1.29, 1.82) is 0 Å². The Morgan fingerprint density at radius 1 is 0.846 bits per heavy atom. The first-order valence-electron chi connectivity index (χ1n) is 9.46. The van der Waals surface area contributed by atoms with Crippen molar-refractivity contribution in [2.45, 2.75) is 44.9 Å². The molecule has 0 N–H and O–H groups in total. The molecule has 3 heteroatoms. The van der Waals surface area contributed by atoms with Crippen molar-refractivity contribution in [2.24, 2.45) is 5.41 Å². The van der Waals surface area contributed by atoms with Crippen molar-refractivity contribution in [3.63, 3.8) is 0 Å². The Labute approximate surface area is 153 Å². The summed E-state index contributed by atoms with van der Waals surface area (Å²) in [6.07, 6.45) is 2.25. The molecule has 2 aliphatic rings. The smallest absolute Gasteiger partial charge is 0.267 e. The molecule has 1 fully saturated rings. The molecule has 0 radical (unpaired) electrons. The summed E-state index contributed by atoms with van der Waals surface area (Å²) in [7, 11) is 0. The minimum absolute atomic E-state index is 0.0159. The predicted octanol–water partition coefficient (Wildman–Crippen LogP) is 4.80. The fourth-order valence-electron chi connectivity index (χ4n) is 5.41. The van der Waals surface area contributed by atoms with Crippen LogP contribution in [-0.4, -0.2) is 9.36 Å². The maximum atomic E-state index is 13.6. The largest absolute Gasteiger partial charge is 0.275 e. The summed E-state index contributed by atoms with van der Waals surface area (Å²) in [5, 5.41) is 0. The molecule has 0 unspecified atom stereocenters. The lowest BCUT2D eigenvalue weighted by Crippen LogP contribution is -2.35. The Morgan fingerprint density at radius 3 is 1.96 bits per heavy atom. The molecule has 0 spiro atoms. The lowest BCUT2D eigenvalue weighted by molar-refractivity contribution is 0.220. The van der Waals surface area contributed by atoms with Crippen LogP contribution in [0.25, 0.3) is 11.4 Å². The van der Waals surface area contributed by atoms with Gasteiger partial charge in [-0.05, 0) is 48.4 Å². The van der Waals surface area contributed by atoms with Crippen molar-refractivity contribution >= 4 is 0 Å². The average Bonchev–Trinajstić information content (AvgIpc) is 3.15. The van der Waals surface area contributed by atoms with E-state index in [1.807, 2.05) is 53.2 Å². The monoisotopic (exact) mass is 344 g/mol. The second kappa shape index (κ2) is 5.00. The molecule has 26 heavy (non-hydrogen) atoms. The molecule has 2 aliphatic carbocycles. The molecule has 2 atom stereocenters. The summed E-state index contributed by atoms with van der Waals surface area (Å²) in [6, 6.07) is 20.3. The van der Waals surface area contributed by atoms with Crippen molar-refractivity contribution in [3.8, 4) is 11.4 Å². The molecule has 5 rings (SSSR count). The summed E-state index contributed by atoms with van der Waals surface area (Å²) in [6.45, 7) is 7.03. The van der Waals surface area contributed by atoms with Gasteiger partial charge in [-0.15, -0.1) is 0 Å². The van der Waals surface area contributed by atoms with Crippen LogP contribution in [0.15, 0.2) is 65.5 Å². The van der Waals surface area contributed by atoms with Crippen LogP contribution in [0.3, 0.4) is 0 Å². The molecule has 0 saturated heterocycles. The first-order chi connectivity index (χ1) is 12.5. The fourth-order valence-corrected chi connectivity index (χ4v) is 5.41. The molecule has 1 heterocycles. The van der Waals surface area contributed by atoms with Gasteiger partial charge in [-0.1, -0.05) is 57.2 Å². The van der Waals surface area contributed by atoms with Gasteiger partial charge in [0.1, 0.15) is 0 Å². The SMILES string of the molecule is CC1(C)[C@@H]2CC[C@@]1(C)c1c2c(=O)n(-c2ccccc2)n1-c1ccccc1. The van der Waals surface area contributed by atoms with Gasteiger partial charge < -0.3 is 0 Å². The molecule has 2 aromatic carbocycles. The third kappa shape index (κ3) is 1.71. The second-order valence-electron chi connectivity index (χ2n) is 8.51. The van der Waals surface area contributed by atoms with E-state index in [9.17, 15) is 4.79 Å². The van der Waals surface area contributed by atoms with Gasteiger partial charge in [0.15, 0.2) is 0 Å². The summed E-state index contributed by atoms with van der Waals surface area (Å²) < 4.78 is 4.07. The molecule has 3 aromatic rings. The van der Waals surface area contributed by atoms with Crippen LogP contribution in [0.4, 0.5) is 0 Å². The van der Waals surface area contributed by atoms with Crippen LogP contribution in [0.5, 0.6) is 0 Å². The van der Waals surface area contributed by atoms with E-state index < -0.39 is 0 Å². The normalized spacial score (nSPS) is 25.4. The van der Waals surface area contributed by atoms with E-state index in [0.717, 1.165) is 29.8 Å². The fraction of sp³-hybridized carbons (Fsp3) is 0.348. The summed E-state index contributed by atoms with van der Waals surface area (Å²) in [4.78, 5) is 13.6. The van der Waals surface area contributed by atoms with Gasteiger partial charge in [0.2, 0.25) is 0 Å². The lowest BCUT2D eigenvalue weighted by Gasteiger charge is -2.36. The molecule has 2 bridgehead atoms.